The summed E-state index contributed by atoms with van der Waals surface area (Å²) in [5.74, 6) is -3.21. The van der Waals surface area contributed by atoms with Crippen molar-refractivity contribution in [2.24, 2.45) is 5.73 Å². The van der Waals surface area contributed by atoms with Crippen LogP contribution in [0.4, 0.5) is 8.78 Å². The molecule has 0 saturated heterocycles. The Labute approximate surface area is 93.6 Å². The average Bonchev–Trinajstić information content (AvgIpc) is 2.02. The molecule has 0 aliphatic heterocycles. The van der Waals surface area contributed by atoms with Gasteiger partial charge in [-0.25, -0.2) is 0 Å². The van der Waals surface area contributed by atoms with E-state index in [0.29, 0.717) is 4.47 Å². The van der Waals surface area contributed by atoms with Gasteiger partial charge in [0.05, 0.1) is 11.1 Å². The zero-order valence-electron chi connectivity index (χ0n) is 7.27. The van der Waals surface area contributed by atoms with Crippen LogP contribution in [0.1, 0.15) is 12.6 Å². The molecule has 6 heteroatoms. The van der Waals surface area contributed by atoms with Gasteiger partial charge in [-0.2, -0.15) is 8.78 Å². The summed E-state index contributed by atoms with van der Waals surface area (Å²) in [4.78, 5) is 3.56. The zero-order chi connectivity index (χ0) is 10.9. The molecule has 0 aromatic carbocycles. The Bertz CT molecular complexity index is 344. The fourth-order valence-electron chi connectivity index (χ4n) is 0.875. The van der Waals surface area contributed by atoms with Crippen molar-refractivity contribution in [3.63, 3.8) is 0 Å². The number of nitrogens with zero attached hydrogens (tertiary/aromatic N) is 1. The van der Waals surface area contributed by atoms with E-state index < -0.39 is 17.7 Å². The van der Waals surface area contributed by atoms with Gasteiger partial charge in [0, 0.05) is 10.7 Å². The number of hydrogen-bond donors (Lipinski definition) is 1. The molecule has 0 aliphatic rings. The van der Waals surface area contributed by atoms with Gasteiger partial charge in [-0.1, -0.05) is 11.6 Å². The van der Waals surface area contributed by atoms with E-state index in [0.717, 1.165) is 0 Å². The van der Waals surface area contributed by atoms with Crippen LogP contribution < -0.4 is 5.73 Å². The summed E-state index contributed by atoms with van der Waals surface area (Å²) in [6.45, 7) is 1.21. The third kappa shape index (κ3) is 2.21. The maximum atomic E-state index is 13.4. The summed E-state index contributed by atoms with van der Waals surface area (Å²) in [7, 11) is 0. The smallest absolute Gasteiger partial charge is 0.305 e. The minimum absolute atomic E-state index is 0.0957. The molecule has 1 aromatic heterocycles. The van der Waals surface area contributed by atoms with Crippen LogP contribution >= 0.6 is 27.5 Å². The second kappa shape index (κ2) is 4.08. The maximum Gasteiger partial charge on any atom is 0.305 e. The van der Waals surface area contributed by atoms with Gasteiger partial charge >= 0.3 is 5.92 Å². The first kappa shape index (κ1) is 11.8. The SMILES string of the molecule is CC(N)C(F)(F)c1ncc(Br)cc1Cl. The van der Waals surface area contributed by atoms with Crippen LogP contribution in [0.5, 0.6) is 0 Å². The minimum atomic E-state index is -3.21. The quantitative estimate of drug-likeness (QED) is 0.907. The standard InChI is InChI=1S/C8H8BrClF2N2/c1-4(13)8(11,12)7-6(10)2-5(9)3-14-7/h2-4H,13H2,1H3. The first-order valence-electron chi connectivity index (χ1n) is 3.80. The van der Waals surface area contributed by atoms with Gasteiger partial charge < -0.3 is 5.73 Å². The Balaban J connectivity index is 3.19. The molecule has 1 heterocycles. The fourth-order valence-corrected chi connectivity index (χ4v) is 1.63. The van der Waals surface area contributed by atoms with Crippen molar-refractivity contribution < 1.29 is 8.78 Å². The number of alkyl halides is 2. The van der Waals surface area contributed by atoms with Crippen molar-refractivity contribution in [2.75, 3.05) is 0 Å². The Hall–Kier alpha value is -0.260. The molecule has 78 valence electrons. The topological polar surface area (TPSA) is 38.9 Å². The second-order valence-electron chi connectivity index (χ2n) is 2.90. The molecule has 0 aliphatic carbocycles. The first-order valence-corrected chi connectivity index (χ1v) is 4.97. The average molecular weight is 286 g/mol. The largest absolute Gasteiger partial charge is 0.323 e. The Morgan fingerprint density at radius 3 is 2.64 bits per heavy atom. The molecular weight excluding hydrogens is 277 g/mol. The van der Waals surface area contributed by atoms with Gasteiger partial charge in [0.15, 0.2) is 0 Å². The highest BCUT2D eigenvalue weighted by Crippen LogP contribution is 2.34. The third-order valence-electron chi connectivity index (χ3n) is 1.70. The van der Waals surface area contributed by atoms with E-state index in [1.165, 1.54) is 19.2 Å². The molecule has 1 aromatic rings. The van der Waals surface area contributed by atoms with Crippen molar-refractivity contribution in [3.05, 3.63) is 27.5 Å². The molecule has 2 nitrogen and oxygen atoms in total. The molecule has 14 heavy (non-hydrogen) atoms. The summed E-state index contributed by atoms with van der Waals surface area (Å²) in [5.41, 5.74) is 4.66. The summed E-state index contributed by atoms with van der Waals surface area (Å²) in [6.07, 6.45) is 1.26. The van der Waals surface area contributed by atoms with Crippen LogP contribution in [-0.2, 0) is 5.92 Å². The number of halogens is 4. The van der Waals surface area contributed by atoms with Crippen molar-refractivity contribution in [3.8, 4) is 0 Å². The first-order chi connectivity index (χ1) is 6.35. The summed E-state index contributed by atoms with van der Waals surface area (Å²) in [6, 6.07) is 0.0360. The molecule has 0 bridgehead atoms. The zero-order valence-corrected chi connectivity index (χ0v) is 9.61. The van der Waals surface area contributed by atoms with Gasteiger partial charge in [0.1, 0.15) is 5.69 Å². The third-order valence-corrected chi connectivity index (χ3v) is 2.42. The number of aromatic nitrogens is 1. The summed E-state index contributed by atoms with van der Waals surface area (Å²) in [5, 5.41) is -0.0957. The molecule has 1 unspecified atom stereocenters. The molecule has 0 saturated carbocycles. The molecule has 2 N–H and O–H groups in total. The van der Waals surface area contributed by atoms with Crippen LogP contribution in [0, 0.1) is 0 Å². The molecule has 1 rings (SSSR count). The van der Waals surface area contributed by atoms with E-state index in [-0.39, 0.29) is 5.02 Å². The van der Waals surface area contributed by atoms with Gasteiger partial charge in [-0.15, -0.1) is 0 Å². The Kier molecular flexibility index (Phi) is 3.44. The van der Waals surface area contributed by atoms with Crippen LogP contribution in [0.25, 0.3) is 0 Å². The lowest BCUT2D eigenvalue weighted by Crippen LogP contribution is -2.36. The van der Waals surface area contributed by atoms with Crippen LogP contribution in [0.15, 0.2) is 16.7 Å². The molecule has 0 fully saturated rings. The number of nitrogens with two attached hydrogens (primary N) is 1. The van der Waals surface area contributed by atoms with Gasteiger partial charge in [-0.3, -0.25) is 4.98 Å². The van der Waals surface area contributed by atoms with E-state index >= 15 is 0 Å². The minimum Gasteiger partial charge on any atom is -0.323 e. The van der Waals surface area contributed by atoms with Crippen molar-refractivity contribution in [1.82, 2.24) is 4.98 Å². The molecule has 0 spiro atoms. The Morgan fingerprint density at radius 1 is 1.64 bits per heavy atom. The number of pyridine rings is 1. The summed E-state index contributed by atoms with van der Waals surface area (Å²) >= 11 is 8.71. The predicted octanol–water partition coefficient (Wildman–Crippen LogP) is 2.94. The van der Waals surface area contributed by atoms with Gasteiger partial charge in [-0.05, 0) is 28.9 Å². The molecule has 1 atom stereocenters. The monoisotopic (exact) mass is 284 g/mol. The van der Waals surface area contributed by atoms with Gasteiger partial charge in [0.2, 0.25) is 0 Å². The van der Waals surface area contributed by atoms with E-state index in [1.54, 1.807) is 0 Å². The normalized spacial score (nSPS) is 14.1. The Morgan fingerprint density at radius 2 is 2.21 bits per heavy atom. The second-order valence-corrected chi connectivity index (χ2v) is 4.22. The highest BCUT2D eigenvalue weighted by atomic mass is 79.9. The molecule has 0 radical (unpaired) electrons. The molecule has 0 amide bonds. The van der Waals surface area contributed by atoms with E-state index in [1.807, 2.05) is 0 Å². The van der Waals surface area contributed by atoms with E-state index in [2.05, 4.69) is 20.9 Å². The van der Waals surface area contributed by atoms with Gasteiger partial charge in [0.25, 0.3) is 0 Å². The lowest BCUT2D eigenvalue weighted by molar-refractivity contribution is -0.0298. The van der Waals surface area contributed by atoms with Crippen molar-refractivity contribution in [1.29, 1.82) is 0 Å². The fraction of sp³-hybridized carbons (Fsp3) is 0.375. The number of hydrogen-bond acceptors (Lipinski definition) is 2. The molecular formula is C8H8BrClF2N2. The van der Waals surface area contributed by atoms with Crippen molar-refractivity contribution >= 4 is 27.5 Å². The lowest BCUT2D eigenvalue weighted by Gasteiger charge is -2.20. The van der Waals surface area contributed by atoms with Crippen LogP contribution in [0.3, 0.4) is 0 Å². The van der Waals surface area contributed by atoms with Crippen LogP contribution in [0.2, 0.25) is 5.02 Å². The highest BCUT2D eigenvalue weighted by Gasteiger charge is 2.39. The maximum absolute atomic E-state index is 13.4. The lowest BCUT2D eigenvalue weighted by atomic mass is 10.1. The summed E-state index contributed by atoms with van der Waals surface area (Å²) < 4.78 is 27.3. The predicted molar refractivity (Wildman–Crippen MR) is 54.5 cm³/mol. The number of rotatable bonds is 2. The van der Waals surface area contributed by atoms with Crippen molar-refractivity contribution in [2.45, 2.75) is 18.9 Å². The van der Waals surface area contributed by atoms with E-state index in [9.17, 15) is 8.78 Å². The highest BCUT2D eigenvalue weighted by molar-refractivity contribution is 9.10. The van der Waals surface area contributed by atoms with Crippen LogP contribution in [-0.4, -0.2) is 11.0 Å². The van der Waals surface area contributed by atoms with E-state index in [4.69, 9.17) is 17.3 Å².